The van der Waals surface area contributed by atoms with Gasteiger partial charge >= 0.3 is 0 Å². The molecule has 1 amide bonds. The van der Waals surface area contributed by atoms with E-state index < -0.39 is 10.0 Å². The fourth-order valence-corrected chi connectivity index (χ4v) is 4.76. The number of amides is 1. The molecule has 1 fully saturated rings. The van der Waals surface area contributed by atoms with E-state index in [0.29, 0.717) is 31.9 Å². The molecule has 156 valence electrons. The van der Waals surface area contributed by atoms with Gasteiger partial charge in [0.2, 0.25) is 15.9 Å². The Morgan fingerprint density at radius 1 is 1.03 bits per heavy atom. The van der Waals surface area contributed by atoms with Gasteiger partial charge in [-0.05, 0) is 36.8 Å². The number of hydrogen-bond acceptors (Lipinski definition) is 5. The minimum atomic E-state index is -3.54. The van der Waals surface area contributed by atoms with E-state index in [1.54, 1.807) is 31.4 Å². The summed E-state index contributed by atoms with van der Waals surface area (Å²) in [6.45, 7) is 3.96. The molecule has 3 rings (SSSR count). The van der Waals surface area contributed by atoms with Crippen molar-refractivity contribution in [3.05, 3.63) is 60.2 Å². The van der Waals surface area contributed by atoms with Crippen LogP contribution < -0.4 is 10.1 Å². The van der Waals surface area contributed by atoms with Gasteiger partial charge < -0.3 is 10.1 Å². The lowest BCUT2D eigenvalue weighted by atomic mass is 10.1. The highest BCUT2D eigenvalue weighted by molar-refractivity contribution is 7.89. The van der Waals surface area contributed by atoms with Crippen LogP contribution >= 0.6 is 0 Å². The molecule has 29 heavy (non-hydrogen) atoms. The van der Waals surface area contributed by atoms with E-state index >= 15 is 0 Å². The van der Waals surface area contributed by atoms with Gasteiger partial charge in [0.05, 0.1) is 24.6 Å². The van der Waals surface area contributed by atoms with Crippen LogP contribution in [0.4, 0.5) is 0 Å². The number of hydrogen-bond donors (Lipinski definition) is 1. The number of nitrogens with zero attached hydrogens (tertiary/aromatic N) is 2. The first-order chi connectivity index (χ1) is 13.9. The lowest BCUT2D eigenvalue weighted by molar-refractivity contribution is -0.123. The maximum Gasteiger partial charge on any atom is 0.243 e. The monoisotopic (exact) mass is 417 g/mol. The predicted molar refractivity (Wildman–Crippen MR) is 111 cm³/mol. The summed E-state index contributed by atoms with van der Waals surface area (Å²) in [6, 6.07) is 16.1. The van der Waals surface area contributed by atoms with Crippen LogP contribution in [-0.2, 0) is 14.8 Å². The third-order valence-corrected chi connectivity index (χ3v) is 6.99. The van der Waals surface area contributed by atoms with Gasteiger partial charge in [0.25, 0.3) is 0 Å². The van der Waals surface area contributed by atoms with E-state index in [1.807, 2.05) is 42.2 Å². The summed E-state index contributed by atoms with van der Waals surface area (Å²) in [5, 5.41) is 3.00. The number of methoxy groups -OCH3 is 1. The highest BCUT2D eigenvalue weighted by Gasteiger charge is 2.29. The van der Waals surface area contributed by atoms with E-state index in [-0.39, 0.29) is 23.4 Å². The van der Waals surface area contributed by atoms with Crippen LogP contribution in [0.3, 0.4) is 0 Å². The maximum atomic E-state index is 12.8. The first-order valence-electron chi connectivity index (χ1n) is 9.61. The predicted octanol–water partition coefficient (Wildman–Crippen LogP) is 1.88. The van der Waals surface area contributed by atoms with Crippen molar-refractivity contribution >= 4 is 15.9 Å². The molecule has 1 saturated heterocycles. The van der Waals surface area contributed by atoms with Crippen molar-refractivity contribution in [1.82, 2.24) is 14.5 Å². The Morgan fingerprint density at radius 3 is 2.24 bits per heavy atom. The summed E-state index contributed by atoms with van der Waals surface area (Å²) >= 11 is 0. The molecule has 1 unspecified atom stereocenters. The molecule has 7 nitrogen and oxygen atoms in total. The molecule has 0 spiro atoms. The Hall–Kier alpha value is -2.42. The second-order valence-corrected chi connectivity index (χ2v) is 8.99. The van der Waals surface area contributed by atoms with Crippen LogP contribution in [0.1, 0.15) is 18.5 Å². The van der Waals surface area contributed by atoms with Gasteiger partial charge in [-0.2, -0.15) is 4.31 Å². The van der Waals surface area contributed by atoms with Crippen molar-refractivity contribution in [3.63, 3.8) is 0 Å². The van der Waals surface area contributed by atoms with Crippen LogP contribution in [-0.4, -0.2) is 63.4 Å². The summed E-state index contributed by atoms with van der Waals surface area (Å²) in [6.07, 6.45) is 0. The molecule has 0 aliphatic carbocycles. The van der Waals surface area contributed by atoms with E-state index in [1.165, 1.54) is 4.31 Å². The molecule has 0 radical (unpaired) electrons. The van der Waals surface area contributed by atoms with Crippen LogP contribution in [0.25, 0.3) is 0 Å². The summed E-state index contributed by atoms with van der Waals surface area (Å²) in [7, 11) is -2.00. The summed E-state index contributed by atoms with van der Waals surface area (Å²) < 4.78 is 32.2. The molecule has 8 heteroatoms. The number of benzene rings is 2. The fourth-order valence-electron chi connectivity index (χ4n) is 3.34. The Labute approximate surface area is 172 Å². The Bertz CT molecular complexity index is 909. The molecule has 1 atom stereocenters. The zero-order valence-electron chi connectivity index (χ0n) is 16.7. The van der Waals surface area contributed by atoms with Crippen molar-refractivity contribution in [3.8, 4) is 5.75 Å². The third-order valence-electron chi connectivity index (χ3n) is 5.07. The maximum absolute atomic E-state index is 12.8. The SMILES string of the molecule is COc1ccc(S(=O)(=O)N2CCN(CC(=O)NC(C)c3ccccc3)CC2)cc1. The standard InChI is InChI=1S/C21H27N3O4S/c1-17(18-6-4-3-5-7-18)22-21(25)16-23-12-14-24(15-13-23)29(26,27)20-10-8-19(28-2)9-11-20/h3-11,17H,12-16H2,1-2H3,(H,22,25). The van der Waals surface area contributed by atoms with Gasteiger partial charge in [-0.15, -0.1) is 0 Å². The molecular formula is C21H27N3O4S. The van der Waals surface area contributed by atoms with Crippen LogP contribution in [0, 0.1) is 0 Å². The zero-order valence-corrected chi connectivity index (χ0v) is 17.6. The van der Waals surface area contributed by atoms with Gasteiger partial charge in [-0.1, -0.05) is 30.3 Å². The normalized spacial score (nSPS) is 16.9. The summed E-state index contributed by atoms with van der Waals surface area (Å²) in [5.41, 5.74) is 1.05. The van der Waals surface area contributed by atoms with Gasteiger partial charge in [-0.25, -0.2) is 8.42 Å². The molecule has 2 aromatic rings. The van der Waals surface area contributed by atoms with E-state index in [9.17, 15) is 13.2 Å². The number of piperazine rings is 1. The van der Waals surface area contributed by atoms with Crippen LogP contribution in [0.2, 0.25) is 0 Å². The van der Waals surface area contributed by atoms with Gasteiger partial charge in [0, 0.05) is 26.2 Å². The molecule has 0 saturated carbocycles. The van der Waals surface area contributed by atoms with E-state index in [4.69, 9.17) is 4.74 Å². The number of ether oxygens (including phenoxy) is 1. The Morgan fingerprint density at radius 2 is 1.66 bits per heavy atom. The molecule has 0 aromatic heterocycles. The van der Waals surface area contributed by atoms with Crippen LogP contribution in [0.5, 0.6) is 5.75 Å². The molecule has 2 aromatic carbocycles. The van der Waals surface area contributed by atoms with Crippen molar-refractivity contribution < 1.29 is 17.9 Å². The molecule has 1 heterocycles. The number of rotatable bonds is 7. The average molecular weight is 418 g/mol. The quantitative estimate of drug-likeness (QED) is 0.744. The first-order valence-corrected chi connectivity index (χ1v) is 11.0. The van der Waals surface area contributed by atoms with Gasteiger partial charge in [0.1, 0.15) is 5.75 Å². The number of nitrogens with one attached hydrogen (secondary N) is 1. The molecule has 0 bridgehead atoms. The molecule has 1 aliphatic rings. The highest BCUT2D eigenvalue weighted by atomic mass is 32.2. The average Bonchev–Trinajstić information content (AvgIpc) is 2.74. The third kappa shape index (κ3) is 5.35. The number of sulfonamides is 1. The van der Waals surface area contributed by atoms with Gasteiger partial charge in [0.15, 0.2) is 0 Å². The largest absolute Gasteiger partial charge is 0.497 e. The Balaban J connectivity index is 1.51. The lowest BCUT2D eigenvalue weighted by Crippen LogP contribution is -2.51. The second kappa shape index (κ2) is 9.39. The van der Waals surface area contributed by atoms with Gasteiger partial charge in [-0.3, -0.25) is 9.69 Å². The smallest absolute Gasteiger partial charge is 0.243 e. The number of carbonyl (C=O) groups is 1. The Kier molecular flexibility index (Phi) is 6.89. The number of carbonyl (C=O) groups excluding carboxylic acids is 1. The second-order valence-electron chi connectivity index (χ2n) is 7.06. The van der Waals surface area contributed by atoms with E-state index in [2.05, 4.69) is 5.32 Å². The summed E-state index contributed by atoms with van der Waals surface area (Å²) in [5.74, 6) is 0.553. The molecular weight excluding hydrogens is 390 g/mol. The van der Waals surface area contributed by atoms with Crippen molar-refractivity contribution in [2.75, 3.05) is 39.8 Å². The fraction of sp³-hybridized carbons (Fsp3) is 0.381. The topological polar surface area (TPSA) is 79.0 Å². The first kappa shape index (κ1) is 21.3. The van der Waals surface area contributed by atoms with E-state index in [0.717, 1.165) is 5.56 Å². The zero-order chi connectivity index (χ0) is 20.9. The minimum absolute atomic E-state index is 0.0622. The molecule has 1 aliphatic heterocycles. The van der Waals surface area contributed by atoms with Crippen LogP contribution in [0.15, 0.2) is 59.5 Å². The van der Waals surface area contributed by atoms with Crippen molar-refractivity contribution in [2.24, 2.45) is 0 Å². The lowest BCUT2D eigenvalue weighted by Gasteiger charge is -2.33. The summed E-state index contributed by atoms with van der Waals surface area (Å²) in [4.78, 5) is 14.6. The van der Waals surface area contributed by atoms with Crippen molar-refractivity contribution in [2.45, 2.75) is 17.9 Å². The van der Waals surface area contributed by atoms with Crippen molar-refractivity contribution in [1.29, 1.82) is 0 Å². The highest BCUT2D eigenvalue weighted by Crippen LogP contribution is 2.20. The molecule has 1 N–H and O–H groups in total. The minimum Gasteiger partial charge on any atom is -0.497 e.